The molecule has 0 atom stereocenters. The fraction of sp³-hybridized carbons (Fsp3) is 0.500. The van der Waals surface area contributed by atoms with Gasteiger partial charge in [0.2, 0.25) is 0 Å². The predicted molar refractivity (Wildman–Crippen MR) is 40.7 cm³/mol. The lowest BCUT2D eigenvalue weighted by Crippen LogP contribution is -1.84. The number of aromatic nitrogens is 2. The summed E-state index contributed by atoms with van der Waals surface area (Å²) in [7, 11) is 0. The second-order valence-electron chi connectivity index (χ2n) is 1.87. The number of rotatable bonds is 3. The zero-order valence-electron chi connectivity index (χ0n) is 5.10. The first-order valence-corrected chi connectivity index (χ1v) is 4.09. The van der Waals surface area contributed by atoms with Crippen LogP contribution >= 0.6 is 15.9 Å². The SMILES string of the molecule is BrCCCc1cnc[nH]1. The van der Waals surface area contributed by atoms with Crippen LogP contribution in [0.25, 0.3) is 0 Å². The van der Waals surface area contributed by atoms with Crippen LogP contribution in [0.5, 0.6) is 0 Å². The number of aromatic amines is 1. The minimum absolute atomic E-state index is 1.06. The van der Waals surface area contributed by atoms with Crippen molar-refractivity contribution in [1.82, 2.24) is 9.97 Å². The maximum absolute atomic E-state index is 3.90. The van der Waals surface area contributed by atoms with Crippen LogP contribution in [0.3, 0.4) is 0 Å². The lowest BCUT2D eigenvalue weighted by atomic mass is 10.3. The van der Waals surface area contributed by atoms with Crippen LogP contribution in [0.4, 0.5) is 0 Å². The normalized spacial score (nSPS) is 9.89. The van der Waals surface area contributed by atoms with Crippen molar-refractivity contribution in [3.05, 3.63) is 18.2 Å². The van der Waals surface area contributed by atoms with E-state index in [0.717, 1.165) is 11.8 Å². The lowest BCUT2D eigenvalue weighted by Gasteiger charge is -1.89. The number of hydrogen-bond acceptors (Lipinski definition) is 1. The number of alkyl halides is 1. The molecule has 1 aromatic rings. The van der Waals surface area contributed by atoms with Gasteiger partial charge in [0, 0.05) is 17.2 Å². The van der Waals surface area contributed by atoms with Crippen LogP contribution in [-0.2, 0) is 6.42 Å². The molecular weight excluding hydrogens is 180 g/mol. The topological polar surface area (TPSA) is 28.7 Å². The molecule has 0 aliphatic rings. The fourth-order valence-electron chi connectivity index (χ4n) is 0.679. The highest BCUT2D eigenvalue weighted by Gasteiger charge is 1.90. The van der Waals surface area contributed by atoms with E-state index in [0.29, 0.717) is 0 Å². The van der Waals surface area contributed by atoms with E-state index in [1.165, 1.54) is 12.1 Å². The number of nitrogens with zero attached hydrogens (tertiary/aromatic N) is 1. The van der Waals surface area contributed by atoms with Crippen molar-refractivity contribution in [2.75, 3.05) is 5.33 Å². The highest BCUT2D eigenvalue weighted by Crippen LogP contribution is 1.98. The third kappa shape index (κ3) is 2.18. The van der Waals surface area contributed by atoms with Gasteiger partial charge >= 0.3 is 0 Å². The highest BCUT2D eigenvalue weighted by atomic mass is 79.9. The van der Waals surface area contributed by atoms with Crippen LogP contribution in [0.15, 0.2) is 12.5 Å². The zero-order valence-corrected chi connectivity index (χ0v) is 6.69. The third-order valence-electron chi connectivity index (χ3n) is 1.13. The van der Waals surface area contributed by atoms with Crippen LogP contribution in [0.2, 0.25) is 0 Å². The molecule has 0 spiro atoms. The molecule has 0 radical (unpaired) electrons. The number of hydrogen-bond donors (Lipinski definition) is 1. The van der Waals surface area contributed by atoms with Gasteiger partial charge in [0.25, 0.3) is 0 Å². The van der Waals surface area contributed by atoms with E-state index in [9.17, 15) is 0 Å². The number of halogens is 1. The van der Waals surface area contributed by atoms with Crippen molar-refractivity contribution < 1.29 is 0 Å². The van der Waals surface area contributed by atoms with E-state index in [2.05, 4.69) is 25.9 Å². The number of H-pyrrole nitrogens is 1. The van der Waals surface area contributed by atoms with Gasteiger partial charge in [0.1, 0.15) is 0 Å². The molecule has 0 fully saturated rings. The van der Waals surface area contributed by atoms with Crippen molar-refractivity contribution in [1.29, 1.82) is 0 Å². The molecular formula is C6H9BrN2. The summed E-state index contributed by atoms with van der Waals surface area (Å²) in [5.74, 6) is 0. The van der Waals surface area contributed by atoms with Crippen molar-refractivity contribution in [2.45, 2.75) is 12.8 Å². The van der Waals surface area contributed by atoms with Crippen LogP contribution in [0.1, 0.15) is 12.1 Å². The summed E-state index contributed by atoms with van der Waals surface area (Å²) >= 11 is 3.36. The van der Waals surface area contributed by atoms with Crippen LogP contribution < -0.4 is 0 Å². The van der Waals surface area contributed by atoms with Gasteiger partial charge in [-0.3, -0.25) is 0 Å². The summed E-state index contributed by atoms with van der Waals surface area (Å²) in [5, 5.41) is 1.06. The quantitative estimate of drug-likeness (QED) is 0.720. The Bertz CT molecular complexity index is 148. The van der Waals surface area contributed by atoms with Crippen molar-refractivity contribution >= 4 is 15.9 Å². The Hall–Kier alpha value is -0.310. The van der Waals surface area contributed by atoms with E-state index < -0.39 is 0 Å². The van der Waals surface area contributed by atoms with Crippen molar-refractivity contribution in [2.24, 2.45) is 0 Å². The van der Waals surface area contributed by atoms with E-state index >= 15 is 0 Å². The smallest absolute Gasteiger partial charge is 0.0921 e. The second-order valence-corrected chi connectivity index (χ2v) is 2.66. The van der Waals surface area contributed by atoms with E-state index in [4.69, 9.17) is 0 Å². The van der Waals surface area contributed by atoms with Gasteiger partial charge in [0.15, 0.2) is 0 Å². The zero-order chi connectivity index (χ0) is 6.53. The van der Waals surface area contributed by atoms with E-state index in [1.807, 2.05) is 6.20 Å². The Kier molecular flexibility index (Phi) is 2.77. The number of nitrogens with one attached hydrogen (secondary N) is 1. The van der Waals surface area contributed by atoms with Gasteiger partial charge in [-0.05, 0) is 12.8 Å². The molecule has 1 aromatic heterocycles. The summed E-state index contributed by atoms with van der Waals surface area (Å²) in [6.45, 7) is 0. The van der Waals surface area contributed by atoms with Gasteiger partial charge in [-0.2, -0.15) is 0 Å². The summed E-state index contributed by atoms with van der Waals surface area (Å²) < 4.78 is 0. The Morgan fingerprint density at radius 3 is 3.11 bits per heavy atom. The summed E-state index contributed by atoms with van der Waals surface area (Å²) in [6.07, 6.45) is 5.83. The number of imidazole rings is 1. The molecule has 0 aliphatic carbocycles. The average molecular weight is 189 g/mol. The maximum atomic E-state index is 3.90. The Balaban J connectivity index is 2.30. The first-order valence-electron chi connectivity index (χ1n) is 2.96. The lowest BCUT2D eigenvalue weighted by molar-refractivity contribution is 0.907. The fourth-order valence-corrected chi connectivity index (χ4v) is 0.959. The van der Waals surface area contributed by atoms with Crippen LogP contribution in [0, 0.1) is 0 Å². The maximum Gasteiger partial charge on any atom is 0.0921 e. The molecule has 1 heterocycles. The summed E-state index contributed by atoms with van der Waals surface area (Å²) in [5.41, 5.74) is 1.22. The molecule has 0 aliphatic heterocycles. The number of aryl methyl sites for hydroxylation is 1. The van der Waals surface area contributed by atoms with Gasteiger partial charge in [-0.1, -0.05) is 15.9 Å². The van der Waals surface area contributed by atoms with Crippen molar-refractivity contribution in [3.8, 4) is 0 Å². The molecule has 0 saturated heterocycles. The molecule has 50 valence electrons. The molecule has 2 nitrogen and oxygen atoms in total. The summed E-state index contributed by atoms with van der Waals surface area (Å²) in [4.78, 5) is 6.94. The first kappa shape index (κ1) is 6.81. The van der Waals surface area contributed by atoms with Crippen molar-refractivity contribution in [3.63, 3.8) is 0 Å². The molecule has 9 heavy (non-hydrogen) atoms. The van der Waals surface area contributed by atoms with Crippen LogP contribution in [-0.4, -0.2) is 15.3 Å². The third-order valence-corrected chi connectivity index (χ3v) is 1.70. The molecule has 3 heteroatoms. The van der Waals surface area contributed by atoms with Gasteiger partial charge < -0.3 is 4.98 Å². The molecule has 0 amide bonds. The van der Waals surface area contributed by atoms with E-state index in [-0.39, 0.29) is 0 Å². The summed E-state index contributed by atoms with van der Waals surface area (Å²) in [6, 6.07) is 0. The minimum Gasteiger partial charge on any atom is -0.348 e. The Morgan fingerprint density at radius 2 is 2.56 bits per heavy atom. The molecule has 0 saturated carbocycles. The van der Waals surface area contributed by atoms with E-state index in [1.54, 1.807) is 6.33 Å². The molecule has 0 bridgehead atoms. The minimum atomic E-state index is 1.06. The predicted octanol–water partition coefficient (Wildman–Crippen LogP) is 1.74. The molecule has 0 unspecified atom stereocenters. The standard InChI is InChI=1S/C6H9BrN2/c7-3-1-2-6-4-8-5-9-6/h4-5H,1-3H2,(H,8,9). The Morgan fingerprint density at radius 1 is 1.67 bits per heavy atom. The Labute approximate surface area is 62.8 Å². The monoisotopic (exact) mass is 188 g/mol. The average Bonchev–Trinajstić information content (AvgIpc) is 2.34. The van der Waals surface area contributed by atoms with Gasteiger partial charge in [-0.25, -0.2) is 4.98 Å². The molecule has 1 rings (SSSR count). The molecule has 0 aromatic carbocycles. The highest BCUT2D eigenvalue weighted by molar-refractivity contribution is 9.09. The van der Waals surface area contributed by atoms with Gasteiger partial charge in [-0.15, -0.1) is 0 Å². The molecule has 1 N–H and O–H groups in total. The van der Waals surface area contributed by atoms with Gasteiger partial charge in [0.05, 0.1) is 6.33 Å². The first-order chi connectivity index (χ1) is 4.43. The second kappa shape index (κ2) is 3.67. The largest absolute Gasteiger partial charge is 0.348 e.